The zero-order valence-electron chi connectivity index (χ0n) is 8.70. The van der Waals surface area contributed by atoms with Gasteiger partial charge in [-0.15, -0.1) is 0 Å². The lowest BCUT2D eigenvalue weighted by Gasteiger charge is -2.00. The van der Waals surface area contributed by atoms with E-state index < -0.39 is 0 Å². The fourth-order valence-corrected chi connectivity index (χ4v) is 1.57. The maximum atomic E-state index is 4.44. The highest BCUT2D eigenvalue weighted by molar-refractivity contribution is 5.75. The second-order valence-electron chi connectivity index (χ2n) is 3.49. The minimum atomic E-state index is 0.676. The Labute approximate surface area is 91.8 Å². The van der Waals surface area contributed by atoms with Gasteiger partial charge in [-0.25, -0.2) is 9.97 Å². The monoisotopic (exact) mass is 211 g/mol. The van der Waals surface area contributed by atoms with Crippen LogP contribution in [0.5, 0.6) is 0 Å². The number of hydrogen-bond donors (Lipinski definition) is 0. The molecule has 5 heteroatoms. The molecule has 0 spiro atoms. The van der Waals surface area contributed by atoms with E-state index in [1.165, 1.54) is 0 Å². The van der Waals surface area contributed by atoms with Crippen molar-refractivity contribution in [2.45, 2.75) is 6.92 Å². The smallest absolute Gasteiger partial charge is 0.174 e. The summed E-state index contributed by atoms with van der Waals surface area (Å²) in [5.41, 5.74) is 1.76. The molecule has 0 aliphatic heterocycles. The van der Waals surface area contributed by atoms with Gasteiger partial charge in [-0.3, -0.25) is 4.98 Å². The van der Waals surface area contributed by atoms with Crippen molar-refractivity contribution in [3.8, 4) is 5.82 Å². The molecule has 0 saturated heterocycles. The van der Waals surface area contributed by atoms with Crippen LogP contribution in [0.4, 0.5) is 0 Å². The Morgan fingerprint density at radius 3 is 2.88 bits per heavy atom. The molecule has 0 aromatic carbocycles. The normalized spacial score (nSPS) is 10.8. The molecule has 3 rings (SSSR count). The molecule has 0 fully saturated rings. The Morgan fingerprint density at radius 2 is 2.06 bits per heavy atom. The summed E-state index contributed by atoms with van der Waals surface area (Å²) in [4.78, 5) is 12.7. The molecule has 16 heavy (non-hydrogen) atoms. The first-order valence-corrected chi connectivity index (χ1v) is 4.92. The Bertz CT molecular complexity index is 629. The fourth-order valence-electron chi connectivity index (χ4n) is 1.57. The van der Waals surface area contributed by atoms with Gasteiger partial charge in [0, 0.05) is 23.5 Å². The molecule has 3 aromatic heterocycles. The van der Waals surface area contributed by atoms with Crippen LogP contribution >= 0.6 is 0 Å². The summed E-state index contributed by atoms with van der Waals surface area (Å²) in [7, 11) is 0. The van der Waals surface area contributed by atoms with Crippen LogP contribution in [0, 0.1) is 6.92 Å². The molecule has 0 amide bonds. The summed E-state index contributed by atoms with van der Waals surface area (Å²) in [6.07, 6.45) is 6.71. The average molecular weight is 211 g/mol. The molecule has 0 bridgehead atoms. The molecule has 0 radical (unpaired) electrons. The number of aryl methyl sites for hydroxylation is 1. The molecule has 3 aromatic rings. The van der Waals surface area contributed by atoms with E-state index >= 15 is 0 Å². The maximum absolute atomic E-state index is 4.44. The van der Waals surface area contributed by atoms with Gasteiger partial charge < -0.3 is 0 Å². The summed E-state index contributed by atoms with van der Waals surface area (Å²) < 4.78 is 1.69. The van der Waals surface area contributed by atoms with Crippen LogP contribution < -0.4 is 0 Å². The van der Waals surface area contributed by atoms with Crippen molar-refractivity contribution in [1.29, 1.82) is 0 Å². The molecule has 78 valence electrons. The number of pyridine rings is 1. The van der Waals surface area contributed by atoms with Crippen molar-refractivity contribution in [2.75, 3.05) is 0 Å². The minimum Gasteiger partial charge on any atom is -0.259 e. The van der Waals surface area contributed by atoms with E-state index in [-0.39, 0.29) is 0 Å². The van der Waals surface area contributed by atoms with Gasteiger partial charge >= 0.3 is 0 Å². The molecule has 0 atom stereocenters. The lowest BCUT2D eigenvalue weighted by molar-refractivity contribution is 0.851. The van der Waals surface area contributed by atoms with Gasteiger partial charge in [-0.05, 0) is 19.1 Å². The van der Waals surface area contributed by atoms with Crippen molar-refractivity contribution in [3.05, 3.63) is 42.6 Å². The van der Waals surface area contributed by atoms with Crippen LogP contribution in [0.25, 0.3) is 16.9 Å². The van der Waals surface area contributed by atoms with E-state index in [9.17, 15) is 0 Å². The highest BCUT2D eigenvalue weighted by Gasteiger charge is 2.06. The lowest BCUT2D eigenvalue weighted by atomic mass is 10.3. The van der Waals surface area contributed by atoms with Crippen molar-refractivity contribution < 1.29 is 0 Å². The predicted molar refractivity (Wildman–Crippen MR) is 59.2 cm³/mol. The van der Waals surface area contributed by atoms with Crippen molar-refractivity contribution in [3.63, 3.8) is 0 Å². The molecule has 5 nitrogen and oxygen atoms in total. The summed E-state index contributed by atoms with van der Waals surface area (Å²) in [6, 6.07) is 3.96. The topological polar surface area (TPSA) is 56.5 Å². The summed E-state index contributed by atoms with van der Waals surface area (Å²) in [5.74, 6) is 0.676. The highest BCUT2D eigenvalue weighted by Crippen LogP contribution is 2.14. The van der Waals surface area contributed by atoms with Crippen molar-refractivity contribution in [1.82, 2.24) is 24.7 Å². The first-order chi connectivity index (χ1) is 7.84. The van der Waals surface area contributed by atoms with Crippen LogP contribution in [-0.2, 0) is 0 Å². The Hall–Kier alpha value is -2.30. The number of hydrogen-bond acceptors (Lipinski definition) is 4. The molecular formula is C11H9N5. The first kappa shape index (κ1) is 8.96. The fraction of sp³-hybridized carbons (Fsp3) is 0.0909. The number of aromatic nitrogens is 5. The summed E-state index contributed by atoms with van der Waals surface area (Å²) in [6.45, 7) is 1.95. The molecule has 0 aliphatic carbocycles. The van der Waals surface area contributed by atoms with Gasteiger partial charge in [-0.2, -0.15) is 9.78 Å². The average Bonchev–Trinajstić information content (AvgIpc) is 2.73. The van der Waals surface area contributed by atoms with Crippen molar-refractivity contribution >= 4 is 11.0 Å². The number of nitrogens with zero attached hydrogens (tertiary/aromatic N) is 5. The third kappa shape index (κ3) is 1.33. The van der Waals surface area contributed by atoms with Crippen molar-refractivity contribution in [2.24, 2.45) is 0 Å². The Balaban J connectivity index is 2.29. The second kappa shape index (κ2) is 3.37. The van der Waals surface area contributed by atoms with Gasteiger partial charge in [0.05, 0.1) is 12.4 Å². The van der Waals surface area contributed by atoms with Gasteiger partial charge in [0.2, 0.25) is 0 Å². The zero-order chi connectivity index (χ0) is 11.0. The van der Waals surface area contributed by atoms with Gasteiger partial charge in [0.1, 0.15) is 0 Å². The molecule has 0 unspecified atom stereocenters. The van der Waals surface area contributed by atoms with Crippen LogP contribution in [0.2, 0.25) is 0 Å². The summed E-state index contributed by atoms with van der Waals surface area (Å²) in [5, 5.41) is 5.25. The zero-order valence-corrected chi connectivity index (χ0v) is 8.70. The Kier molecular flexibility index (Phi) is 1.89. The SMILES string of the molecule is Cc1ccc2cnn(-c3cnccn3)c2n1. The van der Waals surface area contributed by atoms with E-state index in [0.717, 1.165) is 16.7 Å². The third-order valence-corrected chi connectivity index (χ3v) is 2.32. The second-order valence-corrected chi connectivity index (χ2v) is 3.49. The van der Waals surface area contributed by atoms with E-state index in [0.29, 0.717) is 5.82 Å². The van der Waals surface area contributed by atoms with Crippen LogP contribution in [-0.4, -0.2) is 24.7 Å². The third-order valence-electron chi connectivity index (χ3n) is 2.32. The van der Waals surface area contributed by atoms with Crippen LogP contribution in [0.3, 0.4) is 0 Å². The summed E-state index contributed by atoms with van der Waals surface area (Å²) >= 11 is 0. The molecular weight excluding hydrogens is 202 g/mol. The maximum Gasteiger partial charge on any atom is 0.174 e. The largest absolute Gasteiger partial charge is 0.259 e. The highest BCUT2D eigenvalue weighted by atomic mass is 15.3. The Morgan fingerprint density at radius 1 is 1.12 bits per heavy atom. The standard InChI is InChI=1S/C11H9N5/c1-8-2-3-9-6-14-16(11(9)15-8)10-7-12-4-5-13-10/h2-7H,1H3. The molecule has 3 heterocycles. The van der Waals surface area contributed by atoms with E-state index in [1.54, 1.807) is 29.5 Å². The minimum absolute atomic E-state index is 0.676. The van der Waals surface area contributed by atoms with Gasteiger partial charge in [0.25, 0.3) is 0 Å². The van der Waals surface area contributed by atoms with Gasteiger partial charge in [-0.1, -0.05) is 0 Å². The van der Waals surface area contributed by atoms with E-state index in [2.05, 4.69) is 20.1 Å². The molecule has 0 aliphatic rings. The molecule has 0 saturated carbocycles. The van der Waals surface area contributed by atoms with E-state index in [1.807, 2.05) is 19.1 Å². The van der Waals surface area contributed by atoms with Crippen LogP contribution in [0.15, 0.2) is 36.9 Å². The van der Waals surface area contributed by atoms with E-state index in [4.69, 9.17) is 0 Å². The van der Waals surface area contributed by atoms with Gasteiger partial charge in [0.15, 0.2) is 11.5 Å². The van der Waals surface area contributed by atoms with Crippen LogP contribution in [0.1, 0.15) is 5.69 Å². The number of rotatable bonds is 1. The lowest BCUT2D eigenvalue weighted by Crippen LogP contribution is -2.00. The predicted octanol–water partition coefficient (Wildman–Crippen LogP) is 1.52. The number of fused-ring (bicyclic) bond motifs is 1. The first-order valence-electron chi connectivity index (χ1n) is 4.92. The quantitative estimate of drug-likeness (QED) is 0.612. The molecule has 0 N–H and O–H groups in total.